The third kappa shape index (κ3) is 3.08. The number of fused-ring (bicyclic) bond motifs is 1. The van der Waals surface area contributed by atoms with Crippen LogP contribution in [0.1, 0.15) is 48.9 Å². The summed E-state index contributed by atoms with van der Waals surface area (Å²) in [5.41, 5.74) is 16.2. The molecule has 0 heterocycles. The molecule has 4 N–H and O–H groups in total. The second-order valence-electron chi connectivity index (χ2n) is 5.42. The molecule has 0 spiro atoms. The Bertz CT molecular complexity index is 373. The summed E-state index contributed by atoms with van der Waals surface area (Å²) in [6.45, 7) is 2.89. The Morgan fingerprint density at radius 1 is 1.18 bits per heavy atom. The Labute approximate surface area is 104 Å². The van der Waals surface area contributed by atoms with Crippen molar-refractivity contribution in [2.45, 2.75) is 45.1 Å². The van der Waals surface area contributed by atoms with E-state index in [4.69, 9.17) is 11.5 Å². The minimum atomic E-state index is 0.140. The van der Waals surface area contributed by atoms with E-state index in [-0.39, 0.29) is 6.04 Å². The first-order chi connectivity index (χ1) is 8.20. The number of hydrogen-bond acceptors (Lipinski definition) is 2. The predicted molar refractivity (Wildman–Crippen MR) is 72.8 cm³/mol. The normalized spacial score (nSPS) is 18.5. The molecule has 2 rings (SSSR count). The summed E-state index contributed by atoms with van der Waals surface area (Å²) >= 11 is 0. The van der Waals surface area contributed by atoms with Crippen LogP contribution in [-0.2, 0) is 12.8 Å². The van der Waals surface area contributed by atoms with E-state index in [2.05, 4.69) is 25.1 Å². The van der Waals surface area contributed by atoms with E-state index in [1.54, 1.807) is 0 Å². The topological polar surface area (TPSA) is 52.0 Å². The summed E-state index contributed by atoms with van der Waals surface area (Å²) in [6, 6.07) is 6.94. The summed E-state index contributed by atoms with van der Waals surface area (Å²) < 4.78 is 0. The van der Waals surface area contributed by atoms with Crippen molar-refractivity contribution in [3.8, 4) is 0 Å². The highest BCUT2D eigenvalue weighted by Crippen LogP contribution is 2.26. The van der Waals surface area contributed by atoms with Gasteiger partial charge in [-0.05, 0) is 61.3 Å². The Hall–Kier alpha value is -0.860. The first kappa shape index (κ1) is 12.6. The van der Waals surface area contributed by atoms with Crippen LogP contribution in [0.2, 0.25) is 0 Å². The molecule has 0 aliphatic heterocycles. The van der Waals surface area contributed by atoms with E-state index in [1.807, 2.05) is 0 Å². The van der Waals surface area contributed by atoms with Gasteiger partial charge >= 0.3 is 0 Å². The van der Waals surface area contributed by atoms with Gasteiger partial charge in [0.2, 0.25) is 0 Å². The van der Waals surface area contributed by atoms with Crippen LogP contribution < -0.4 is 11.5 Å². The van der Waals surface area contributed by atoms with Crippen molar-refractivity contribution in [1.82, 2.24) is 0 Å². The molecule has 2 heteroatoms. The zero-order valence-electron chi connectivity index (χ0n) is 10.8. The number of aryl methyl sites for hydroxylation is 2. The fourth-order valence-corrected chi connectivity index (χ4v) is 2.65. The first-order valence-corrected chi connectivity index (χ1v) is 6.78. The molecule has 1 aromatic carbocycles. The van der Waals surface area contributed by atoms with E-state index in [1.165, 1.54) is 42.4 Å². The molecule has 0 bridgehead atoms. The molecule has 2 nitrogen and oxygen atoms in total. The van der Waals surface area contributed by atoms with Crippen LogP contribution >= 0.6 is 0 Å². The number of hydrogen-bond donors (Lipinski definition) is 2. The van der Waals surface area contributed by atoms with Gasteiger partial charge in [-0.2, -0.15) is 0 Å². The van der Waals surface area contributed by atoms with Crippen LogP contribution in [0.3, 0.4) is 0 Å². The summed E-state index contributed by atoms with van der Waals surface area (Å²) in [6.07, 6.45) is 6.11. The Kier molecular flexibility index (Phi) is 4.19. The van der Waals surface area contributed by atoms with Gasteiger partial charge in [0.25, 0.3) is 0 Å². The molecule has 2 unspecified atom stereocenters. The molecule has 0 amide bonds. The SMILES string of the molecule is CC(CN)CC(N)c1ccc2c(c1)CCCC2. The zero-order chi connectivity index (χ0) is 12.3. The van der Waals surface area contributed by atoms with Gasteiger partial charge in [0, 0.05) is 6.04 Å². The van der Waals surface area contributed by atoms with Crippen LogP contribution in [0.4, 0.5) is 0 Å². The predicted octanol–water partition coefficient (Wildman–Crippen LogP) is 2.55. The number of benzene rings is 1. The maximum atomic E-state index is 6.25. The highest BCUT2D eigenvalue weighted by atomic mass is 14.6. The van der Waals surface area contributed by atoms with Gasteiger partial charge < -0.3 is 11.5 Å². The standard InChI is InChI=1S/C15H24N2/c1-11(10-16)8-15(17)14-7-6-12-4-2-3-5-13(12)9-14/h6-7,9,11,15H,2-5,8,10,16-17H2,1H3. The van der Waals surface area contributed by atoms with E-state index < -0.39 is 0 Å². The Balaban J connectivity index is 2.10. The molecule has 1 aliphatic rings. The Morgan fingerprint density at radius 3 is 2.59 bits per heavy atom. The van der Waals surface area contributed by atoms with Gasteiger partial charge in [0.1, 0.15) is 0 Å². The van der Waals surface area contributed by atoms with Gasteiger partial charge in [-0.1, -0.05) is 25.1 Å². The maximum absolute atomic E-state index is 6.25. The molecule has 1 aromatic rings. The molecule has 0 fully saturated rings. The van der Waals surface area contributed by atoms with Gasteiger partial charge in [-0.3, -0.25) is 0 Å². The van der Waals surface area contributed by atoms with Gasteiger partial charge in [0.15, 0.2) is 0 Å². The van der Waals surface area contributed by atoms with Crippen molar-refractivity contribution in [2.24, 2.45) is 17.4 Å². The molecular weight excluding hydrogens is 208 g/mol. The molecular formula is C15H24N2. The smallest absolute Gasteiger partial charge is 0.0297 e. The first-order valence-electron chi connectivity index (χ1n) is 6.78. The lowest BCUT2D eigenvalue weighted by molar-refractivity contribution is 0.482. The fraction of sp³-hybridized carbons (Fsp3) is 0.600. The fourth-order valence-electron chi connectivity index (χ4n) is 2.65. The molecule has 94 valence electrons. The monoisotopic (exact) mass is 232 g/mol. The quantitative estimate of drug-likeness (QED) is 0.838. The van der Waals surface area contributed by atoms with Gasteiger partial charge in [-0.25, -0.2) is 0 Å². The van der Waals surface area contributed by atoms with Crippen LogP contribution in [0.15, 0.2) is 18.2 Å². The van der Waals surface area contributed by atoms with Crippen molar-refractivity contribution >= 4 is 0 Å². The summed E-state index contributed by atoms with van der Waals surface area (Å²) in [7, 11) is 0. The van der Waals surface area contributed by atoms with Gasteiger partial charge in [0.05, 0.1) is 0 Å². The average Bonchev–Trinajstić information content (AvgIpc) is 2.38. The van der Waals surface area contributed by atoms with Crippen molar-refractivity contribution in [3.63, 3.8) is 0 Å². The summed E-state index contributed by atoms with van der Waals surface area (Å²) in [5.74, 6) is 0.501. The molecule has 17 heavy (non-hydrogen) atoms. The molecule has 0 aromatic heterocycles. The van der Waals surface area contributed by atoms with Crippen LogP contribution in [-0.4, -0.2) is 6.54 Å². The number of nitrogens with two attached hydrogens (primary N) is 2. The van der Waals surface area contributed by atoms with Crippen LogP contribution in [0, 0.1) is 5.92 Å². The van der Waals surface area contributed by atoms with E-state index in [0.29, 0.717) is 5.92 Å². The molecule has 1 aliphatic carbocycles. The van der Waals surface area contributed by atoms with Crippen LogP contribution in [0.25, 0.3) is 0 Å². The average molecular weight is 232 g/mol. The highest BCUT2D eigenvalue weighted by Gasteiger charge is 2.14. The van der Waals surface area contributed by atoms with E-state index in [0.717, 1.165) is 13.0 Å². The minimum absolute atomic E-state index is 0.140. The van der Waals surface area contributed by atoms with Crippen molar-refractivity contribution in [3.05, 3.63) is 34.9 Å². The highest BCUT2D eigenvalue weighted by molar-refractivity contribution is 5.35. The third-order valence-electron chi connectivity index (χ3n) is 3.86. The number of rotatable bonds is 4. The van der Waals surface area contributed by atoms with E-state index >= 15 is 0 Å². The Morgan fingerprint density at radius 2 is 1.88 bits per heavy atom. The van der Waals surface area contributed by atoms with Crippen molar-refractivity contribution in [2.75, 3.05) is 6.54 Å². The molecule has 0 saturated heterocycles. The van der Waals surface area contributed by atoms with Crippen molar-refractivity contribution in [1.29, 1.82) is 0 Å². The molecule has 2 atom stereocenters. The second-order valence-corrected chi connectivity index (χ2v) is 5.42. The summed E-state index contributed by atoms with van der Waals surface area (Å²) in [5, 5.41) is 0. The minimum Gasteiger partial charge on any atom is -0.330 e. The van der Waals surface area contributed by atoms with E-state index in [9.17, 15) is 0 Å². The largest absolute Gasteiger partial charge is 0.330 e. The maximum Gasteiger partial charge on any atom is 0.0297 e. The third-order valence-corrected chi connectivity index (χ3v) is 3.86. The summed E-state index contributed by atoms with van der Waals surface area (Å²) in [4.78, 5) is 0. The van der Waals surface area contributed by atoms with Crippen LogP contribution in [0.5, 0.6) is 0 Å². The lowest BCUT2D eigenvalue weighted by Crippen LogP contribution is -2.19. The zero-order valence-corrected chi connectivity index (χ0v) is 10.8. The van der Waals surface area contributed by atoms with Crippen molar-refractivity contribution < 1.29 is 0 Å². The molecule has 0 saturated carbocycles. The molecule has 0 radical (unpaired) electrons. The second kappa shape index (κ2) is 5.65. The lowest BCUT2D eigenvalue weighted by atomic mass is 9.88. The lowest BCUT2D eigenvalue weighted by Gasteiger charge is -2.20. The van der Waals surface area contributed by atoms with Gasteiger partial charge in [-0.15, -0.1) is 0 Å².